The van der Waals surface area contributed by atoms with E-state index in [1.165, 1.54) is 9.80 Å². The van der Waals surface area contributed by atoms with Crippen molar-refractivity contribution in [3.8, 4) is 28.8 Å². The van der Waals surface area contributed by atoms with Crippen molar-refractivity contribution in [3.05, 3.63) is 113 Å². The van der Waals surface area contributed by atoms with Crippen molar-refractivity contribution >= 4 is 29.7 Å². The van der Waals surface area contributed by atoms with E-state index in [1.807, 2.05) is 79.0 Å². The number of imide groups is 1. The smallest absolute Gasteiger partial charge is 0.271 e. The second-order valence-electron chi connectivity index (χ2n) is 10.1. The molecule has 0 spiro atoms. The van der Waals surface area contributed by atoms with Crippen LogP contribution < -0.4 is 4.74 Å². The van der Waals surface area contributed by atoms with E-state index in [4.69, 9.17) is 9.84 Å². The Labute approximate surface area is 256 Å². The average molecular weight is 589 g/mol. The Morgan fingerprint density at radius 3 is 2.35 bits per heavy atom. The highest BCUT2D eigenvalue weighted by Crippen LogP contribution is 2.32. The third kappa shape index (κ3) is 6.47. The van der Waals surface area contributed by atoms with Gasteiger partial charge < -0.3 is 4.74 Å². The number of carbonyl (C=O) groups excluding carboxylic acids is 2. The maximum atomic E-state index is 13.8. The Morgan fingerprint density at radius 2 is 1.70 bits per heavy atom. The number of para-hydroxylation sites is 1. The van der Waals surface area contributed by atoms with Gasteiger partial charge in [0.05, 0.1) is 18.5 Å². The maximum absolute atomic E-state index is 13.8. The van der Waals surface area contributed by atoms with Gasteiger partial charge in [-0.15, -0.1) is 11.8 Å². The highest BCUT2D eigenvalue weighted by Gasteiger charge is 2.35. The minimum Gasteiger partial charge on any atom is -0.497 e. The third-order valence-corrected chi connectivity index (χ3v) is 8.49. The number of rotatable bonds is 10. The summed E-state index contributed by atoms with van der Waals surface area (Å²) in [7, 11) is 1.60. The standard InChI is InChI=1S/C35H32N4O3S/c1-4-20-43-30-16-12-26(13-17-30)33-27(23-39(37-33)28-8-6-5-7-9-28)21-31-24(2)32(22-36)35(41)38(34(31)40)19-18-25-10-14-29(42-3)15-11-25/h5-17,21,23H,4,18-20H2,1-3H3/b31-21+. The number of nitriles is 1. The second-order valence-corrected chi connectivity index (χ2v) is 11.3. The van der Waals surface area contributed by atoms with E-state index < -0.39 is 11.8 Å². The van der Waals surface area contributed by atoms with Crippen molar-refractivity contribution in [2.45, 2.75) is 31.6 Å². The van der Waals surface area contributed by atoms with Gasteiger partial charge in [-0.3, -0.25) is 14.5 Å². The van der Waals surface area contributed by atoms with Crippen LogP contribution in [0.4, 0.5) is 0 Å². The molecule has 8 heteroatoms. The Morgan fingerprint density at radius 1 is 0.977 bits per heavy atom. The van der Waals surface area contributed by atoms with Crippen LogP contribution in [0.25, 0.3) is 23.0 Å². The fourth-order valence-electron chi connectivity index (χ4n) is 4.88. The number of amides is 2. The topological polar surface area (TPSA) is 88.2 Å². The first-order valence-electron chi connectivity index (χ1n) is 14.1. The van der Waals surface area contributed by atoms with Gasteiger partial charge in [0.15, 0.2) is 0 Å². The molecule has 2 amide bonds. The van der Waals surface area contributed by atoms with Crippen LogP contribution in [0.3, 0.4) is 0 Å². The molecule has 1 aromatic heterocycles. The Balaban J connectivity index is 1.54. The number of hydrogen-bond donors (Lipinski definition) is 0. The molecule has 3 aromatic carbocycles. The first-order chi connectivity index (χ1) is 20.9. The molecule has 216 valence electrons. The zero-order valence-corrected chi connectivity index (χ0v) is 25.2. The average Bonchev–Trinajstić information content (AvgIpc) is 3.47. The van der Waals surface area contributed by atoms with E-state index in [-0.39, 0.29) is 12.1 Å². The summed E-state index contributed by atoms with van der Waals surface area (Å²) in [6.07, 6.45) is 5.17. The molecule has 0 atom stereocenters. The van der Waals surface area contributed by atoms with Gasteiger partial charge >= 0.3 is 0 Å². The van der Waals surface area contributed by atoms with Crippen molar-refractivity contribution in [2.24, 2.45) is 0 Å². The summed E-state index contributed by atoms with van der Waals surface area (Å²) in [6, 6.07) is 27.5. The number of thioether (sulfide) groups is 1. The summed E-state index contributed by atoms with van der Waals surface area (Å²) in [5, 5.41) is 14.8. The summed E-state index contributed by atoms with van der Waals surface area (Å²) < 4.78 is 7.01. The Kier molecular flexibility index (Phi) is 9.23. The van der Waals surface area contributed by atoms with Gasteiger partial charge in [0.1, 0.15) is 17.4 Å². The van der Waals surface area contributed by atoms with E-state index in [0.717, 1.165) is 34.7 Å². The molecule has 0 unspecified atom stereocenters. The highest BCUT2D eigenvalue weighted by molar-refractivity contribution is 7.99. The molecule has 0 saturated heterocycles. The van der Waals surface area contributed by atoms with Crippen LogP contribution in [0.5, 0.6) is 5.75 Å². The first kappa shape index (κ1) is 29.6. The molecular weight excluding hydrogens is 556 g/mol. The summed E-state index contributed by atoms with van der Waals surface area (Å²) in [5.41, 5.74) is 4.77. The normalized spacial score (nSPS) is 14.4. The Bertz CT molecular complexity index is 1730. The quantitative estimate of drug-likeness (QED) is 0.114. The maximum Gasteiger partial charge on any atom is 0.271 e. The van der Waals surface area contributed by atoms with Crippen molar-refractivity contribution in [3.63, 3.8) is 0 Å². The zero-order valence-electron chi connectivity index (χ0n) is 24.4. The van der Waals surface area contributed by atoms with Crippen molar-refractivity contribution in [1.29, 1.82) is 5.26 Å². The van der Waals surface area contributed by atoms with E-state index in [2.05, 4.69) is 19.1 Å². The van der Waals surface area contributed by atoms with Gasteiger partial charge in [0, 0.05) is 34.3 Å². The lowest BCUT2D eigenvalue weighted by Gasteiger charge is -2.27. The number of benzene rings is 3. The van der Waals surface area contributed by atoms with Crippen LogP contribution >= 0.6 is 11.8 Å². The van der Waals surface area contributed by atoms with Gasteiger partial charge in [-0.05, 0) is 79.1 Å². The van der Waals surface area contributed by atoms with Crippen molar-refractivity contribution in [2.75, 3.05) is 19.4 Å². The van der Waals surface area contributed by atoms with Crippen LogP contribution in [0, 0.1) is 11.3 Å². The van der Waals surface area contributed by atoms with Gasteiger partial charge in [-0.25, -0.2) is 4.68 Å². The van der Waals surface area contributed by atoms with Crippen LogP contribution in [0.15, 0.2) is 107 Å². The second kappa shape index (κ2) is 13.4. The SMILES string of the molecule is CCCSc1ccc(-c2nn(-c3ccccc3)cc2/C=C2/C(=O)N(CCc3ccc(OC)cc3)C(=O)C(C#N)=C2C)cc1. The van der Waals surface area contributed by atoms with E-state index in [9.17, 15) is 14.9 Å². The van der Waals surface area contributed by atoms with Gasteiger partial charge in [-0.2, -0.15) is 10.4 Å². The van der Waals surface area contributed by atoms with Crippen LogP contribution in [-0.2, 0) is 16.0 Å². The number of ether oxygens (including phenoxy) is 1. The van der Waals surface area contributed by atoms with Crippen LogP contribution in [0.1, 0.15) is 31.4 Å². The molecule has 7 nitrogen and oxygen atoms in total. The first-order valence-corrected chi connectivity index (χ1v) is 15.1. The van der Waals surface area contributed by atoms with E-state index in [1.54, 1.807) is 36.6 Å². The van der Waals surface area contributed by atoms with Gasteiger partial charge in [0.25, 0.3) is 11.8 Å². The summed E-state index contributed by atoms with van der Waals surface area (Å²) in [4.78, 5) is 29.4. The number of carbonyl (C=O) groups is 2. The van der Waals surface area contributed by atoms with Crippen LogP contribution in [-0.4, -0.2) is 45.9 Å². The molecule has 0 bridgehead atoms. The molecule has 1 aliphatic rings. The molecule has 0 radical (unpaired) electrons. The monoisotopic (exact) mass is 588 g/mol. The summed E-state index contributed by atoms with van der Waals surface area (Å²) >= 11 is 1.80. The molecular formula is C35H32N4O3S. The van der Waals surface area contributed by atoms with Gasteiger partial charge in [-0.1, -0.05) is 49.4 Å². The summed E-state index contributed by atoms with van der Waals surface area (Å²) in [5.74, 6) is 0.767. The minimum atomic E-state index is -0.573. The largest absolute Gasteiger partial charge is 0.497 e. The molecule has 0 N–H and O–H groups in total. The predicted molar refractivity (Wildman–Crippen MR) is 170 cm³/mol. The molecule has 2 heterocycles. The lowest BCUT2D eigenvalue weighted by molar-refractivity contribution is -0.140. The molecule has 0 saturated carbocycles. The lowest BCUT2D eigenvalue weighted by Crippen LogP contribution is -2.43. The molecule has 43 heavy (non-hydrogen) atoms. The molecule has 5 rings (SSSR count). The number of aromatic nitrogens is 2. The minimum absolute atomic E-state index is 0.0325. The molecule has 0 aliphatic carbocycles. The number of methoxy groups -OCH3 is 1. The zero-order chi connectivity index (χ0) is 30.3. The van der Waals surface area contributed by atoms with E-state index in [0.29, 0.717) is 28.8 Å². The fourth-order valence-corrected chi connectivity index (χ4v) is 5.65. The van der Waals surface area contributed by atoms with Crippen molar-refractivity contribution in [1.82, 2.24) is 14.7 Å². The highest BCUT2D eigenvalue weighted by atomic mass is 32.2. The molecule has 1 aliphatic heterocycles. The van der Waals surface area contributed by atoms with Crippen LogP contribution in [0.2, 0.25) is 0 Å². The lowest BCUT2D eigenvalue weighted by atomic mass is 9.93. The summed E-state index contributed by atoms with van der Waals surface area (Å²) in [6.45, 7) is 3.96. The molecule has 4 aromatic rings. The van der Waals surface area contributed by atoms with E-state index >= 15 is 0 Å². The predicted octanol–water partition coefficient (Wildman–Crippen LogP) is 6.88. The Hall–Kier alpha value is -4.87. The number of nitrogens with zero attached hydrogens (tertiary/aromatic N) is 4. The third-order valence-electron chi connectivity index (χ3n) is 7.27. The fraction of sp³-hybridized carbons (Fsp3) is 0.200. The van der Waals surface area contributed by atoms with Gasteiger partial charge in [0.2, 0.25) is 0 Å². The number of hydrogen-bond acceptors (Lipinski definition) is 6. The van der Waals surface area contributed by atoms with Crippen molar-refractivity contribution < 1.29 is 14.3 Å². The molecule has 0 fully saturated rings.